The third-order valence-electron chi connectivity index (χ3n) is 2.25. The van der Waals surface area contributed by atoms with Gasteiger partial charge in [0.15, 0.2) is 5.82 Å². The molecule has 1 aromatic heterocycles. The number of carbonyl (C=O) groups excluding carboxylic acids is 1. The summed E-state index contributed by atoms with van der Waals surface area (Å²) in [6.07, 6.45) is 0. The zero-order valence-corrected chi connectivity index (χ0v) is 9.96. The highest BCUT2D eigenvalue weighted by molar-refractivity contribution is 5.92. The summed E-state index contributed by atoms with van der Waals surface area (Å²) in [5.74, 6) is 0.223. The normalized spacial score (nSPS) is 10.6. The third-order valence-corrected chi connectivity index (χ3v) is 2.25. The zero-order chi connectivity index (χ0) is 12.3. The van der Waals surface area contributed by atoms with Crippen LogP contribution in [0.1, 0.15) is 44.9 Å². The van der Waals surface area contributed by atoms with Gasteiger partial charge in [-0.15, -0.1) is 0 Å². The van der Waals surface area contributed by atoms with Crippen molar-refractivity contribution in [3.63, 3.8) is 0 Å². The van der Waals surface area contributed by atoms with E-state index in [-0.39, 0.29) is 17.7 Å². The summed E-state index contributed by atoms with van der Waals surface area (Å²) in [6, 6.07) is 2.06. The van der Waals surface area contributed by atoms with Gasteiger partial charge in [0.25, 0.3) is 0 Å². The molecule has 0 aliphatic rings. The molecule has 1 amide bonds. The zero-order valence-electron chi connectivity index (χ0n) is 9.96. The fourth-order valence-electron chi connectivity index (χ4n) is 1.24. The monoisotopic (exact) mass is 220 g/mol. The number of hydrogen-bond donors (Lipinski definition) is 2. The molecule has 1 rings (SSSR count). The maximum atomic E-state index is 11.5. The first-order valence-corrected chi connectivity index (χ1v) is 5.26. The number of H-pyrrole nitrogens is 1. The Morgan fingerprint density at radius 1 is 1.44 bits per heavy atom. The van der Waals surface area contributed by atoms with Crippen molar-refractivity contribution in [3.05, 3.63) is 11.3 Å². The molecule has 0 radical (unpaired) electrons. The van der Waals surface area contributed by atoms with Crippen molar-refractivity contribution in [2.45, 2.75) is 33.6 Å². The standard InChI is InChI=1S/C11H16N4O/c1-6(2)9-8(5-12)10(15-14-9)13-11(16)7(3)4/h6-7H,1-4H3,(H2,13,14,15,16). The Morgan fingerprint density at radius 2 is 2.06 bits per heavy atom. The minimum Gasteiger partial charge on any atom is -0.308 e. The maximum Gasteiger partial charge on any atom is 0.228 e. The van der Waals surface area contributed by atoms with Gasteiger partial charge in [-0.3, -0.25) is 9.89 Å². The van der Waals surface area contributed by atoms with Crippen LogP contribution in [-0.4, -0.2) is 16.1 Å². The van der Waals surface area contributed by atoms with Gasteiger partial charge in [0.05, 0.1) is 5.69 Å². The molecule has 0 fully saturated rings. The van der Waals surface area contributed by atoms with Crippen LogP contribution in [0.4, 0.5) is 5.82 Å². The summed E-state index contributed by atoms with van der Waals surface area (Å²) in [4.78, 5) is 11.5. The molecule has 1 heterocycles. The molecule has 2 N–H and O–H groups in total. The predicted molar refractivity (Wildman–Crippen MR) is 60.9 cm³/mol. The molecule has 0 spiro atoms. The van der Waals surface area contributed by atoms with Crippen LogP contribution in [0.25, 0.3) is 0 Å². The molecular weight excluding hydrogens is 204 g/mol. The molecule has 0 saturated carbocycles. The summed E-state index contributed by atoms with van der Waals surface area (Å²) in [6.45, 7) is 7.50. The predicted octanol–water partition coefficient (Wildman–Crippen LogP) is 2.00. The van der Waals surface area contributed by atoms with Crippen molar-refractivity contribution in [2.24, 2.45) is 5.92 Å². The number of nitrogens with one attached hydrogen (secondary N) is 2. The Kier molecular flexibility index (Phi) is 3.67. The van der Waals surface area contributed by atoms with Crippen LogP contribution in [-0.2, 0) is 4.79 Å². The number of nitriles is 1. The summed E-state index contributed by atoms with van der Waals surface area (Å²) in [7, 11) is 0. The van der Waals surface area contributed by atoms with E-state index in [9.17, 15) is 4.79 Å². The average molecular weight is 220 g/mol. The van der Waals surface area contributed by atoms with E-state index in [0.717, 1.165) is 5.69 Å². The number of amides is 1. The molecule has 5 nitrogen and oxygen atoms in total. The van der Waals surface area contributed by atoms with Gasteiger partial charge in [0, 0.05) is 5.92 Å². The van der Waals surface area contributed by atoms with Crippen molar-refractivity contribution < 1.29 is 4.79 Å². The average Bonchev–Trinajstić information content (AvgIpc) is 2.60. The quantitative estimate of drug-likeness (QED) is 0.817. The molecule has 0 atom stereocenters. The molecule has 16 heavy (non-hydrogen) atoms. The van der Waals surface area contributed by atoms with Crippen LogP contribution in [0.15, 0.2) is 0 Å². The van der Waals surface area contributed by atoms with Gasteiger partial charge in [0.2, 0.25) is 5.91 Å². The minimum atomic E-state index is -0.140. The molecule has 5 heteroatoms. The van der Waals surface area contributed by atoms with Gasteiger partial charge >= 0.3 is 0 Å². The number of carbonyl (C=O) groups is 1. The van der Waals surface area contributed by atoms with Crippen molar-refractivity contribution in [2.75, 3.05) is 5.32 Å². The lowest BCUT2D eigenvalue weighted by Crippen LogP contribution is -2.18. The van der Waals surface area contributed by atoms with Gasteiger partial charge < -0.3 is 5.32 Å². The van der Waals surface area contributed by atoms with Crippen LogP contribution in [0.3, 0.4) is 0 Å². The Balaban J connectivity index is 2.99. The van der Waals surface area contributed by atoms with Crippen LogP contribution < -0.4 is 5.32 Å². The van der Waals surface area contributed by atoms with Crippen LogP contribution in [0.5, 0.6) is 0 Å². The smallest absolute Gasteiger partial charge is 0.228 e. The summed E-state index contributed by atoms with van der Waals surface area (Å²) in [5, 5.41) is 18.4. The van der Waals surface area contributed by atoms with Crippen molar-refractivity contribution in [1.82, 2.24) is 10.2 Å². The number of aromatic amines is 1. The molecule has 0 aromatic carbocycles. The highest BCUT2D eigenvalue weighted by Crippen LogP contribution is 2.22. The fraction of sp³-hybridized carbons (Fsp3) is 0.545. The topological polar surface area (TPSA) is 81.6 Å². The first kappa shape index (κ1) is 12.2. The van der Waals surface area contributed by atoms with Gasteiger partial charge in [-0.1, -0.05) is 27.7 Å². The van der Waals surface area contributed by atoms with Gasteiger partial charge in [-0.2, -0.15) is 10.4 Å². The molecule has 0 bridgehead atoms. The van der Waals surface area contributed by atoms with E-state index < -0.39 is 0 Å². The first-order valence-electron chi connectivity index (χ1n) is 5.26. The van der Waals surface area contributed by atoms with Crippen molar-refractivity contribution >= 4 is 11.7 Å². The SMILES string of the molecule is CC(C)C(=O)Nc1n[nH]c(C(C)C)c1C#N. The fourth-order valence-corrected chi connectivity index (χ4v) is 1.24. The van der Waals surface area contributed by atoms with E-state index in [1.54, 1.807) is 13.8 Å². The Morgan fingerprint density at radius 3 is 2.50 bits per heavy atom. The highest BCUT2D eigenvalue weighted by atomic mass is 16.1. The summed E-state index contributed by atoms with van der Waals surface area (Å²) < 4.78 is 0. The second-order valence-corrected chi connectivity index (χ2v) is 4.27. The van der Waals surface area contributed by atoms with E-state index in [4.69, 9.17) is 5.26 Å². The van der Waals surface area contributed by atoms with Gasteiger partial charge in [-0.05, 0) is 5.92 Å². The molecule has 1 aromatic rings. The first-order chi connectivity index (χ1) is 7.47. The largest absolute Gasteiger partial charge is 0.308 e. The Labute approximate surface area is 94.9 Å². The van der Waals surface area contributed by atoms with Crippen molar-refractivity contribution in [3.8, 4) is 6.07 Å². The summed E-state index contributed by atoms with van der Waals surface area (Å²) >= 11 is 0. The van der Waals surface area contributed by atoms with E-state index in [0.29, 0.717) is 11.4 Å². The minimum absolute atomic E-state index is 0.134. The van der Waals surface area contributed by atoms with Crippen molar-refractivity contribution in [1.29, 1.82) is 5.26 Å². The Hall–Kier alpha value is -1.83. The number of hydrogen-bond acceptors (Lipinski definition) is 3. The molecule has 0 aliphatic heterocycles. The Bertz CT molecular complexity index is 426. The lowest BCUT2D eigenvalue weighted by atomic mass is 10.1. The number of anilines is 1. The van der Waals surface area contributed by atoms with Gasteiger partial charge in [-0.25, -0.2) is 0 Å². The van der Waals surface area contributed by atoms with Crippen LogP contribution in [0, 0.1) is 17.2 Å². The number of aromatic nitrogens is 2. The lowest BCUT2D eigenvalue weighted by Gasteiger charge is -2.05. The molecular formula is C11H16N4O. The molecule has 86 valence electrons. The second kappa shape index (κ2) is 4.79. The van der Waals surface area contributed by atoms with Crippen LogP contribution >= 0.6 is 0 Å². The highest BCUT2D eigenvalue weighted by Gasteiger charge is 2.18. The molecule has 0 aliphatic carbocycles. The third kappa shape index (κ3) is 2.40. The van der Waals surface area contributed by atoms with E-state index >= 15 is 0 Å². The van der Waals surface area contributed by atoms with E-state index in [1.807, 2.05) is 13.8 Å². The van der Waals surface area contributed by atoms with E-state index in [2.05, 4.69) is 21.6 Å². The second-order valence-electron chi connectivity index (χ2n) is 4.27. The number of nitrogens with zero attached hydrogens (tertiary/aromatic N) is 2. The van der Waals surface area contributed by atoms with Crippen LogP contribution in [0.2, 0.25) is 0 Å². The van der Waals surface area contributed by atoms with Gasteiger partial charge in [0.1, 0.15) is 11.6 Å². The van der Waals surface area contributed by atoms with E-state index in [1.165, 1.54) is 0 Å². The molecule has 0 saturated heterocycles. The lowest BCUT2D eigenvalue weighted by molar-refractivity contribution is -0.118. The summed E-state index contributed by atoms with van der Waals surface area (Å²) in [5.41, 5.74) is 1.17. The molecule has 0 unspecified atom stereocenters. The maximum absolute atomic E-state index is 11.5. The number of rotatable bonds is 3.